The number of ether oxygens (including phenoxy) is 4. The molecule has 0 radical (unpaired) electrons. The molecule has 0 aromatic heterocycles. The third-order valence-corrected chi connectivity index (χ3v) is 10.6. The molecule has 8 nitrogen and oxygen atoms in total. The van der Waals surface area contributed by atoms with Gasteiger partial charge in [0.05, 0.1) is 9.79 Å². The lowest BCUT2D eigenvalue weighted by Crippen LogP contribution is -2.12. The number of hydrogen-bond acceptors (Lipinski definition) is 8. The molecular formula is C44H66O8S. The van der Waals surface area contributed by atoms with Gasteiger partial charge in [-0.2, -0.15) is 0 Å². The summed E-state index contributed by atoms with van der Waals surface area (Å²) in [4.78, 5) is 24.3. The first-order chi connectivity index (χ1) is 25.9. The normalized spacial score (nSPS) is 11.7. The Labute approximate surface area is 320 Å². The lowest BCUT2D eigenvalue weighted by atomic mass is 10.1. The van der Waals surface area contributed by atoms with Crippen molar-refractivity contribution in [3.63, 3.8) is 0 Å². The van der Waals surface area contributed by atoms with Gasteiger partial charge in [0.1, 0.15) is 37.9 Å². The predicted octanol–water partition coefficient (Wildman–Crippen LogP) is 11.3. The Balaban J connectivity index is 1.55. The van der Waals surface area contributed by atoms with Crippen LogP contribution in [0, 0.1) is 0 Å². The Hall–Kier alpha value is -3.59. The molecule has 9 heteroatoms. The highest BCUT2D eigenvalue weighted by Crippen LogP contribution is 2.25. The molecule has 0 saturated heterocycles. The van der Waals surface area contributed by atoms with E-state index in [1.165, 1.54) is 88.5 Å². The molecule has 0 unspecified atom stereocenters. The molecule has 2 rings (SSSR count). The highest BCUT2D eigenvalue weighted by Gasteiger charge is 2.18. The van der Waals surface area contributed by atoms with Crippen LogP contribution in [0.2, 0.25) is 0 Å². The third kappa shape index (κ3) is 22.3. The lowest BCUT2D eigenvalue weighted by molar-refractivity contribution is -0.145. The van der Waals surface area contributed by atoms with E-state index in [0.29, 0.717) is 24.3 Å². The average molecular weight is 755 g/mol. The van der Waals surface area contributed by atoms with E-state index in [1.807, 2.05) is 0 Å². The van der Waals surface area contributed by atoms with Crippen molar-refractivity contribution >= 4 is 21.8 Å². The summed E-state index contributed by atoms with van der Waals surface area (Å²) in [7, 11) is -3.75. The van der Waals surface area contributed by atoms with Crippen molar-refractivity contribution in [1.29, 1.82) is 0 Å². The fourth-order valence-corrected chi connectivity index (χ4v) is 6.84. The number of benzene rings is 2. The molecule has 53 heavy (non-hydrogen) atoms. The summed E-state index contributed by atoms with van der Waals surface area (Å²) >= 11 is 0. The van der Waals surface area contributed by atoms with Crippen molar-refractivity contribution in [3.05, 3.63) is 72.8 Å². The second kappa shape index (κ2) is 29.8. The van der Waals surface area contributed by atoms with Crippen LogP contribution in [0.4, 0.5) is 0 Å². The van der Waals surface area contributed by atoms with Gasteiger partial charge < -0.3 is 18.9 Å². The Morgan fingerprint density at radius 2 is 0.811 bits per heavy atom. The van der Waals surface area contributed by atoms with Crippen LogP contribution in [0.15, 0.2) is 82.6 Å². The summed E-state index contributed by atoms with van der Waals surface area (Å²) in [5.74, 6) is 0.525. The Morgan fingerprint density at radius 3 is 1.19 bits per heavy atom. The fraction of sp³-hybridized carbons (Fsp3) is 0.591. The molecule has 2 aromatic carbocycles. The maximum absolute atomic E-state index is 13.2. The van der Waals surface area contributed by atoms with Gasteiger partial charge >= 0.3 is 11.9 Å². The monoisotopic (exact) mass is 754 g/mol. The zero-order valence-electron chi connectivity index (χ0n) is 32.6. The van der Waals surface area contributed by atoms with Gasteiger partial charge in [-0.05, 0) is 99.9 Å². The number of unbranched alkanes of at least 4 members (excludes halogenated alkanes) is 14. The molecule has 0 fully saturated rings. The van der Waals surface area contributed by atoms with Crippen LogP contribution in [0.3, 0.4) is 0 Å². The van der Waals surface area contributed by atoms with Crippen LogP contribution in [-0.2, 0) is 28.9 Å². The molecule has 0 bridgehead atoms. The Bertz CT molecular complexity index is 1300. The van der Waals surface area contributed by atoms with Crippen molar-refractivity contribution in [2.24, 2.45) is 0 Å². The molecule has 296 valence electrons. The molecule has 0 aliphatic rings. The number of carbonyl (C=O) groups excluding carboxylic acids is 2. The first kappa shape index (κ1) is 45.6. The second-order valence-corrected chi connectivity index (χ2v) is 15.4. The molecule has 0 aliphatic carbocycles. The van der Waals surface area contributed by atoms with E-state index < -0.39 is 9.84 Å². The van der Waals surface area contributed by atoms with Crippen molar-refractivity contribution in [3.8, 4) is 11.5 Å². The summed E-state index contributed by atoms with van der Waals surface area (Å²) < 4.78 is 48.2. The minimum Gasteiger partial charge on any atom is -0.490 e. The first-order valence-electron chi connectivity index (χ1n) is 20.2. The van der Waals surface area contributed by atoms with Gasteiger partial charge in [0.2, 0.25) is 9.84 Å². The van der Waals surface area contributed by atoms with Crippen LogP contribution in [-0.4, -0.2) is 46.8 Å². The van der Waals surface area contributed by atoms with Crippen molar-refractivity contribution in [1.82, 2.24) is 0 Å². The maximum Gasteiger partial charge on any atom is 0.305 e. The molecule has 0 N–H and O–H groups in total. The fourth-order valence-electron chi connectivity index (χ4n) is 5.58. The minimum atomic E-state index is -3.75. The van der Waals surface area contributed by atoms with E-state index in [0.717, 1.165) is 51.4 Å². The average Bonchev–Trinajstić information content (AvgIpc) is 3.16. The quantitative estimate of drug-likeness (QED) is 0.0413. The van der Waals surface area contributed by atoms with Crippen LogP contribution < -0.4 is 9.47 Å². The number of rotatable bonds is 32. The van der Waals surface area contributed by atoms with E-state index in [2.05, 4.69) is 38.2 Å². The SMILES string of the molecule is CCCC/C=C/CCCCCCCC(=O)OCCOc1ccc(S(=O)(=O)c2ccc(OCCOC(=O)CCCCCCC/C=C/CCCC)cc2)cc1. The first-order valence-corrected chi connectivity index (χ1v) is 21.7. The highest BCUT2D eigenvalue weighted by molar-refractivity contribution is 7.91. The largest absolute Gasteiger partial charge is 0.490 e. The number of hydrogen-bond donors (Lipinski definition) is 0. The smallest absolute Gasteiger partial charge is 0.305 e. The zero-order chi connectivity index (χ0) is 38.2. The van der Waals surface area contributed by atoms with Crippen molar-refractivity contribution in [2.45, 2.75) is 152 Å². The topological polar surface area (TPSA) is 105 Å². The predicted molar refractivity (Wildman–Crippen MR) is 213 cm³/mol. The van der Waals surface area contributed by atoms with E-state index in [1.54, 1.807) is 24.3 Å². The van der Waals surface area contributed by atoms with Gasteiger partial charge in [-0.25, -0.2) is 8.42 Å². The Kier molecular flexibility index (Phi) is 25.6. The van der Waals surface area contributed by atoms with Crippen LogP contribution in [0.1, 0.15) is 142 Å². The van der Waals surface area contributed by atoms with Crippen LogP contribution >= 0.6 is 0 Å². The van der Waals surface area contributed by atoms with Gasteiger partial charge in [0.15, 0.2) is 0 Å². The molecule has 2 aromatic rings. The molecule has 0 saturated carbocycles. The molecule has 0 amide bonds. The zero-order valence-corrected chi connectivity index (χ0v) is 33.4. The number of esters is 2. The van der Waals surface area contributed by atoms with Crippen LogP contribution in [0.5, 0.6) is 11.5 Å². The minimum absolute atomic E-state index is 0.134. The number of sulfone groups is 1. The molecule has 0 atom stereocenters. The second-order valence-electron chi connectivity index (χ2n) is 13.4. The summed E-state index contributed by atoms with van der Waals surface area (Å²) in [5.41, 5.74) is 0. The third-order valence-electron chi connectivity index (χ3n) is 8.78. The number of allylic oxidation sites excluding steroid dienone is 4. The Morgan fingerprint density at radius 1 is 0.472 bits per heavy atom. The van der Waals surface area contributed by atoms with E-state index >= 15 is 0 Å². The van der Waals surface area contributed by atoms with Gasteiger partial charge in [-0.15, -0.1) is 0 Å². The van der Waals surface area contributed by atoms with Crippen LogP contribution in [0.25, 0.3) is 0 Å². The van der Waals surface area contributed by atoms with E-state index in [4.69, 9.17) is 18.9 Å². The lowest BCUT2D eigenvalue weighted by Gasteiger charge is -2.10. The summed E-state index contributed by atoms with van der Waals surface area (Å²) in [6.45, 7) is 5.05. The maximum atomic E-state index is 13.2. The molecule has 0 aliphatic heterocycles. The summed E-state index contributed by atoms with van der Waals surface area (Å²) in [6.07, 6.45) is 30.3. The standard InChI is InChI=1S/C44H66O8S/c1-3-5-7-9-11-13-15-17-19-21-23-25-43(45)51-37-35-49-39-27-31-41(32-28-39)53(47,48)42-33-29-40(30-34-42)50-36-38-52-44(46)26-24-22-20-18-16-14-12-10-8-6-4-2/h9-12,27-34H,3-8,13-26,35-38H2,1-2H3/b11-9+,12-10+. The summed E-state index contributed by atoms with van der Waals surface area (Å²) in [5, 5.41) is 0. The van der Waals surface area contributed by atoms with E-state index in [9.17, 15) is 18.0 Å². The summed E-state index contributed by atoms with van der Waals surface area (Å²) in [6, 6.07) is 12.3. The molecular weight excluding hydrogens is 689 g/mol. The van der Waals surface area contributed by atoms with E-state index in [-0.39, 0.29) is 48.2 Å². The van der Waals surface area contributed by atoms with Crippen molar-refractivity contribution < 1.29 is 37.0 Å². The van der Waals surface area contributed by atoms with Gasteiger partial charge in [-0.1, -0.05) is 102 Å². The van der Waals surface area contributed by atoms with Crippen molar-refractivity contribution in [2.75, 3.05) is 26.4 Å². The molecule has 0 heterocycles. The molecule has 0 spiro atoms. The number of carbonyl (C=O) groups is 2. The highest BCUT2D eigenvalue weighted by atomic mass is 32.2. The van der Waals surface area contributed by atoms with Gasteiger partial charge in [0, 0.05) is 12.8 Å². The van der Waals surface area contributed by atoms with Gasteiger partial charge in [0.25, 0.3) is 0 Å². The van der Waals surface area contributed by atoms with Gasteiger partial charge in [-0.3, -0.25) is 9.59 Å².